The summed E-state index contributed by atoms with van der Waals surface area (Å²) in [7, 11) is 0. The Morgan fingerprint density at radius 3 is 1.41 bits per heavy atom. The van der Waals surface area contributed by atoms with Crippen molar-refractivity contribution in [3.63, 3.8) is 0 Å². The highest BCUT2D eigenvalue weighted by atomic mass is 14.9. The molecule has 7 aromatic rings. The van der Waals surface area contributed by atoms with E-state index < -0.39 is 0 Å². The van der Waals surface area contributed by atoms with Gasteiger partial charge in [0.25, 0.3) is 0 Å². The van der Waals surface area contributed by atoms with Crippen LogP contribution < -0.4 is 0 Å². The fourth-order valence-electron chi connectivity index (χ4n) is 5.27. The molecule has 2 nitrogen and oxygen atoms in total. The van der Waals surface area contributed by atoms with E-state index in [1.54, 1.807) is 0 Å². The van der Waals surface area contributed by atoms with Gasteiger partial charge >= 0.3 is 0 Å². The normalized spacial score (nSPS) is 11.2. The third-order valence-corrected chi connectivity index (χ3v) is 7.42. The molecule has 2 heteroatoms. The van der Waals surface area contributed by atoms with Gasteiger partial charge in [0.05, 0.1) is 11.4 Å². The molecule has 7 rings (SSSR count). The van der Waals surface area contributed by atoms with Crippen molar-refractivity contribution in [3.05, 3.63) is 145 Å². The molecule has 0 radical (unpaired) electrons. The zero-order chi connectivity index (χ0) is 26.2. The molecule has 0 aliphatic rings. The van der Waals surface area contributed by atoms with E-state index >= 15 is 0 Å². The minimum absolute atomic E-state index is 0.722. The van der Waals surface area contributed by atoms with Crippen molar-refractivity contribution in [2.24, 2.45) is 0 Å². The van der Waals surface area contributed by atoms with Gasteiger partial charge in [0.15, 0.2) is 5.82 Å². The molecular weight excluding hydrogens is 472 g/mol. The van der Waals surface area contributed by atoms with E-state index in [0.717, 1.165) is 33.9 Å². The minimum Gasteiger partial charge on any atom is -0.228 e. The third kappa shape index (κ3) is 4.47. The monoisotopic (exact) mass is 498 g/mol. The van der Waals surface area contributed by atoms with Gasteiger partial charge < -0.3 is 0 Å². The lowest BCUT2D eigenvalue weighted by Gasteiger charge is -2.11. The predicted molar refractivity (Wildman–Crippen MR) is 164 cm³/mol. The van der Waals surface area contributed by atoms with Crippen LogP contribution in [-0.4, -0.2) is 9.97 Å². The molecule has 39 heavy (non-hydrogen) atoms. The summed E-state index contributed by atoms with van der Waals surface area (Å²) >= 11 is 0. The van der Waals surface area contributed by atoms with E-state index in [4.69, 9.17) is 9.97 Å². The first-order chi connectivity index (χ1) is 19.2. The molecule has 0 atom stereocenters. The summed E-state index contributed by atoms with van der Waals surface area (Å²) in [5.74, 6) is 0.722. The van der Waals surface area contributed by atoms with Gasteiger partial charge in [-0.15, -0.1) is 0 Å². The van der Waals surface area contributed by atoms with Crippen LogP contribution in [-0.2, 0) is 0 Å². The molecular formula is C37H26N2. The van der Waals surface area contributed by atoms with Crippen molar-refractivity contribution in [1.29, 1.82) is 0 Å². The maximum atomic E-state index is 5.08. The Labute approximate surface area is 228 Å². The fourth-order valence-corrected chi connectivity index (χ4v) is 5.27. The van der Waals surface area contributed by atoms with Gasteiger partial charge in [-0.25, -0.2) is 9.97 Å². The summed E-state index contributed by atoms with van der Waals surface area (Å²) < 4.78 is 0. The molecule has 0 spiro atoms. The average molecular weight is 499 g/mol. The number of nitrogens with zero attached hydrogens (tertiary/aromatic N) is 2. The van der Waals surface area contributed by atoms with E-state index in [1.807, 2.05) is 0 Å². The number of hydrogen-bond donors (Lipinski definition) is 0. The second kappa shape index (κ2) is 9.66. The van der Waals surface area contributed by atoms with E-state index in [1.165, 1.54) is 38.2 Å². The lowest BCUT2D eigenvalue weighted by atomic mass is 9.99. The van der Waals surface area contributed by atoms with E-state index in [9.17, 15) is 0 Å². The largest absolute Gasteiger partial charge is 0.228 e. The van der Waals surface area contributed by atoms with Gasteiger partial charge in [-0.1, -0.05) is 121 Å². The number of rotatable bonds is 4. The van der Waals surface area contributed by atoms with Gasteiger partial charge in [0.2, 0.25) is 0 Å². The zero-order valence-corrected chi connectivity index (χ0v) is 21.7. The van der Waals surface area contributed by atoms with Gasteiger partial charge in [0, 0.05) is 16.7 Å². The van der Waals surface area contributed by atoms with Crippen molar-refractivity contribution < 1.29 is 0 Å². The number of aromatic nitrogens is 2. The number of hydrogen-bond acceptors (Lipinski definition) is 2. The van der Waals surface area contributed by atoms with Crippen molar-refractivity contribution in [1.82, 2.24) is 9.97 Å². The summed E-state index contributed by atoms with van der Waals surface area (Å²) in [4.78, 5) is 10.2. The highest BCUT2D eigenvalue weighted by Gasteiger charge is 2.12. The molecule has 0 unspecified atom stereocenters. The van der Waals surface area contributed by atoms with Crippen LogP contribution in [0.3, 0.4) is 0 Å². The Kier molecular flexibility index (Phi) is 5.71. The Balaban J connectivity index is 1.38. The molecule has 1 aromatic heterocycles. The molecule has 0 aliphatic heterocycles. The van der Waals surface area contributed by atoms with Crippen LogP contribution in [0.5, 0.6) is 0 Å². The zero-order valence-electron chi connectivity index (χ0n) is 21.7. The lowest BCUT2D eigenvalue weighted by Crippen LogP contribution is -1.96. The lowest BCUT2D eigenvalue weighted by molar-refractivity contribution is 1.18. The smallest absolute Gasteiger partial charge is 0.160 e. The molecule has 0 saturated carbocycles. The van der Waals surface area contributed by atoms with Crippen molar-refractivity contribution in [3.8, 4) is 45.0 Å². The minimum atomic E-state index is 0.722. The average Bonchev–Trinajstić information content (AvgIpc) is 3.01. The SMILES string of the molecule is Cc1ccccc1-c1ccc(-c2nc(-c3ccc4ccccc4c3)cc(-c3ccc4ccccc4c3)n2)cc1. The van der Waals surface area contributed by atoms with Gasteiger partial charge in [-0.3, -0.25) is 0 Å². The highest BCUT2D eigenvalue weighted by molar-refractivity contribution is 5.89. The van der Waals surface area contributed by atoms with Crippen LogP contribution in [0, 0.1) is 6.92 Å². The Morgan fingerprint density at radius 2 is 0.846 bits per heavy atom. The maximum absolute atomic E-state index is 5.08. The molecule has 0 bridgehead atoms. The quantitative estimate of drug-likeness (QED) is 0.241. The second-order valence-corrected chi connectivity index (χ2v) is 9.98. The molecule has 0 N–H and O–H groups in total. The van der Waals surface area contributed by atoms with Crippen LogP contribution in [0.2, 0.25) is 0 Å². The maximum Gasteiger partial charge on any atom is 0.160 e. The molecule has 0 amide bonds. The van der Waals surface area contributed by atoms with Crippen molar-refractivity contribution in [2.45, 2.75) is 6.92 Å². The van der Waals surface area contributed by atoms with Crippen LogP contribution in [0.1, 0.15) is 5.56 Å². The van der Waals surface area contributed by atoms with Crippen LogP contribution in [0.4, 0.5) is 0 Å². The molecule has 1 heterocycles. The number of benzene rings is 6. The first kappa shape index (κ1) is 23.1. The topological polar surface area (TPSA) is 25.8 Å². The van der Waals surface area contributed by atoms with Crippen LogP contribution in [0.15, 0.2) is 140 Å². The first-order valence-corrected chi connectivity index (χ1v) is 13.3. The Morgan fingerprint density at radius 1 is 0.385 bits per heavy atom. The number of aryl methyl sites for hydroxylation is 1. The summed E-state index contributed by atoms with van der Waals surface area (Å²) in [6, 6.07) is 49.1. The van der Waals surface area contributed by atoms with Crippen molar-refractivity contribution in [2.75, 3.05) is 0 Å². The molecule has 0 aliphatic carbocycles. The van der Waals surface area contributed by atoms with E-state index in [0.29, 0.717) is 0 Å². The number of fused-ring (bicyclic) bond motifs is 2. The summed E-state index contributed by atoms with van der Waals surface area (Å²) in [6.45, 7) is 2.15. The van der Waals surface area contributed by atoms with Gasteiger partial charge in [-0.2, -0.15) is 0 Å². The molecule has 0 fully saturated rings. The van der Waals surface area contributed by atoms with Gasteiger partial charge in [-0.05, 0) is 63.4 Å². The third-order valence-electron chi connectivity index (χ3n) is 7.42. The fraction of sp³-hybridized carbons (Fsp3) is 0.0270. The summed E-state index contributed by atoms with van der Waals surface area (Å²) in [5, 5.41) is 4.84. The van der Waals surface area contributed by atoms with Crippen LogP contribution in [0.25, 0.3) is 66.6 Å². The van der Waals surface area contributed by atoms with E-state index in [2.05, 4.69) is 146 Å². The summed E-state index contributed by atoms with van der Waals surface area (Å²) in [5.41, 5.74) is 8.68. The second-order valence-electron chi connectivity index (χ2n) is 9.98. The summed E-state index contributed by atoms with van der Waals surface area (Å²) in [6.07, 6.45) is 0. The highest BCUT2D eigenvalue weighted by Crippen LogP contribution is 2.32. The Hall–Kier alpha value is -5.08. The standard InChI is InChI=1S/C37H26N2/c1-25-8-2-7-13-34(25)28-16-18-29(19-17-28)37-38-35(32-20-14-26-9-3-5-11-30(26)22-32)24-36(39-37)33-21-15-27-10-4-6-12-31(27)23-33/h2-24H,1H3. The Bertz CT molecular complexity index is 1870. The molecule has 6 aromatic carbocycles. The van der Waals surface area contributed by atoms with E-state index in [-0.39, 0.29) is 0 Å². The van der Waals surface area contributed by atoms with Crippen molar-refractivity contribution >= 4 is 21.5 Å². The molecule has 0 saturated heterocycles. The predicted octanol–water partition coefficient (Wildman–Crippen LogP) is 9.76. The molecule has 184 valence electrons. The van der Waals surface area contributed by atoms with Crippen LogP contribution >= 0.6 is 0 Å². The first-order valence-electron chi connectivity index (χ1n) is 13.3. The van der Waals surface area contributed by atoms with Gasteiger partial charge in [0.1, 0.15) is 0 Å².